The number of hydrogen-bond donors (Lipinski definition) is 2. The fourth-order valence-electron chi connectivity index (χ4n) is 0.820. The van der Waals surface area contributed by atoms with Crippen LogP contribution in [0, 0.1) is 11.3 Å². The van der Waals surface area contributed by atoms with E-state index < -0.39 is 5.97 Å². The minimum absolute atomic E-state index is 0.0238. The molecule has 0 aromatic heterocycles. The molecule has 5 heteroatoms. The molecule has 0 saturated carbocycles. The van der Waals surface area contributed by atoms with Crippen molar-refractivity contribution in [2.75, 3.05) is 0 Å². The Bertz CT molecular complexity index is 411. The van der Waals surface area contributed by atoms with Crippen LogP contribution in [0.25, 0.3) is 0 Å². The van der Waals surface area contributed by atoms with Crippen molar-refractivity contribution < 1.29 is 9.90 Å². The summed E-state index contributed by atoms with van der Waals surface area (Å²) in [4.78, 5) is 10.8. The molecule has 0 aliphatic rings. The molecule has 0 aliphatic carbocycles. The number of thiol groups is 1. The third-order valence-electron chi connectivity index (χ3n) is 1.44. The van der Waals surface area contributed by atoms with Crippen LogP contribution >= 0.6 is 24.2 Å². The average molecular weight is 214 g/mol. The minimum Gasteiger partial charge on any atom is -0.478 e. The second kappa shape index (κ2) is 3.69. The number of rotatable bonds is 1. The van der Waals surface area contributed by atoms with Crippen molar-refractivity contribution >= 4 is 30.2 Å². The lowest BCUT2D eigenvalue weighted by Crippen LogP contribution is -1.98. The third-order valence-corrected chi connectivity index (χ3v) is 2.12. The van der Waals surface area contributed by atoms with Crippen molar-refractivity contribution in [3.05, 3.63) is 28.3 Å². The molecule has 1 aromatic rings. The molecule has 3 nitrogen and oxygen atoms in total. The fourth-order valence-corrected chi connectivity index (χ4v) is 1.39. The van der Waals surface area contributed by atoms with Gasteiger partial charge in [0.1, 0.15) is 6.07 Å². The molecule has 0 fully saturated rings. The normalized spacial score (nSPS) is 9.31. The molecule has 1 rings (SSSR count). The molecule has 13 heavy (non-hydrogen) atoms. The molecule has 0 atom stereocenters. The third kappa shape index (κ3) is 1.94. The Kier molecular flexibility index (Phi) is 2.81. The van der Waals surface area contributed by atoms with Gasteiger partial charge in [-0.15, -0.1) is 12.6 Å². The van der Waals surface area contributed by atoms with Gasteiger partial charge in [0.05, 0.1) is 16.1 Å². The summed E-state index contributed by atoms with van der Waals surface area (Å²) in [6.45, 7) is 0. The van der Waals surface area contributed by atoms with Gasteiger partial charge in [-0.05, 0) is 12.1 Å². The topological polar surface area (TPSA) is 61.1 Å². The molecular weight excluding hydrogens is 210 g/mol. The number of carbonyl (C=O) groups is 1. The van der Waals surface area contributed by atoms with Crippen LogP contribution in [-0.4, -0.2) is 11.1 Å². The number of benzene rings is 1. The summed E-state index contributed by atoms with van der Waals surface area (Å²) in [7, 11) is 0. The van der Waals surface area contributed by atoms with Gasteiger partial charge >= 0.3 is 5.97 Å². The van der Waals surface area contributed by atoms with Crippen molar-refractivity contribution in [2.45, 2.75) is 4.90 Å². The number of hydrogen-bond acceptors (Lipinski definition) is 3. The number of halogens is 1. The van der Waals surface area contributed by atoms with Gasteiger partial charge in [0.25, 0.3) is 0 Å². The summed E-state index contributed by atoms with van der Waals surface area (Å²) in [6, 6.07) is 4.33. The Balaban J connectivity index is 3.41. The maximum Gasteiger partial charge on any atom is 0.336 e. The highest BCUT2D eigenvalue weighted by Crippen LogP contribution is 2.23. The predicted octanol–water partition coefficient (Wildman–Crippen LogP) is 2.20. The Morgan fingerprint density at radius 1 is 1.62 bits per heavy atom. The summed E-state index contributed by atoms with van der Waals surface area (Å²) >= 11 is 9.56. The first-order valence-electron chi connectivity index (χ1n) is 3.22. The van der Waals surface area contributed by atoms with E-state index in [0.717, 1.165) is 0 Å². The molecule has 0 heterocycles. The van der Waals surface area contributed by atoms with E-state index in [4.69, 9.17) is 22.0 Å². The standard InChI is InChI=1S/C8H4ClNO2S/c9-6-2-7(13)5(8(11)12)1-4(6)3-10/h1-2,13H,(H,11,12). The zero-order valence-electron chi connectivity index (χ0n) is 6.28. The van der Waals surface area contributed by atoms with E-state index in [1.165, 1.54) is 12.1 Å². The Morgan fingerprint density at radius 2 is 2.23 bits per heavy atom. The van der Waals surface area contributed by atoms with Gasteiger partial charge < -0.3 is 5.11 Å². The van der Waals surface area contributed by atoms with Gasteiger partial charge in [-0.2, -0.15) is 5.26 Å². The number of aromatic carboxylic acids is 1. The van der Waals surface area contributed by atoms with Gasteiger partial charge in [0, 0.05) is 4.90 Å². The Morgan fingerprint density at radius 3 is 2.69 bits per heavy atom. The molecule has 1 aromatic carbocycles. The highest BCUT2D eigenvalue weighted by Gasteiger charge is 2.11. The monoisotopic (exact) mass is 213 g/mol. The summed E-state index contributed by atoms with van der Waals surface area (Å²) in [5, 5.41) is 17.4. The first-order chi connectivity index (χ1) is 6.06. The van der Waals surface area contributed by atoms with E-state index in [0.29, 0.717) is 0 Å². The SMILES string of the molecule is N#Cc1cc(C(=O)O)c(S)cc1Cl. The summed E-state index contributed by atoms with van der Waals surface area (Å²) < 4.78 is 0. The van der Waals surface area contributed by atoms with Crippen molar-refractivity contribution in [3.8, 4) is 6.07 Å². The molecule has 0 spiro atoms. The Labute approximate surface area is 85.0 Å². The molecular formula is C8H4ClNO2S. The molecule has 66 valence electrons. The zero-order valence-corrected chi connectivity index (χ0v) is 7.93. The zero-order chi connectivity index (χ0) is 10.0. The second-order valence-corrected chi connectivity index (χ2v) is 3.16. The molecule has 0 aliphatic heterocycles. The summed E-state index contributed by atoms with van der Waals surface area (Å²) in [5.74, 6) is -1.13. The van der Waals surface area contributed by atoms with E-state index in [1.54, 1.807) is 6.07 Å². The predicted molar refractivity (Wildman–Crippen MR) is 50.4 cm³/mol. The van der Waals surface area contributed by atoms with Crippen molar-refractivity contribution in [3.63, 3.8) is 0 Å². The van der Waals surface area contributed by atoms with E-state index in [9.17, 15) is 4.79 Å². The average Bonchev–Trinajstić information content (AvgIpc) is 2.03. The molecule has 0 unspecified atom stereocenters. The van der Waals surface area contributed by atoms with E-state index in [-0.39, 0.29) is 21.0 Å². The van der Waals surface area contributed by atoms with Crippen LogP contribution in [0.2, 0.25) is 5.02 Å². The van der Waals surface area contributed by atoms with E-state index in [2.05, 4.69) is 12.6 Å². The smallest absolute Gasteiger partial charge is 0.336 e. The number of nitrogens with zero attached hydrogens (tertiary/aromatic N) is 1. The summed E-state index contributed by atoms with van der Waals surface area (Å²) in [5.41, 5.74) is 0.112. The lowest BCUT2D eigenvalue weighted by atomic mass is 10.1. The van der Waals surface area contributed by atoms with Crippen LogP contribution in [0.15, 0.2) is 17.0 Å². The molecule has 0 bridgehead atoms. The molecule has 0 saturated heterocycles. The van der Waals surface area contributed by atoms with E-state index in [1.807, 2.05) is 0 Å². The van der Waals surface area contributed by atoms with Crippen LogP contribution in [0.3, 0.4) is 0 Å². The second-order valence-electron chi connectivity index (χ2n) is 2.27. The lowest BCUT2D eigenvalue weighted by Gasteiger charge is -2.01. The van der Waals surface area contributed by atoms with Gasteiger partial charge in [0.2, 0.25) is 0 Å². The quantitative estimate of drug-likeness (QED) is 0.703. The van der Waals surface area contributed by atoms with Crippen LogP contribution in [-0.2, 0) is 0 Å². The van der Waals surface area contributed by atoms with Gasteiger partial charge in [-0.25, -0.2) is 4.79 Å². The molecule has 0 radical (unpaired) electrons. The summed E-state index contributed by atoms with van der Waals surface area (Å²) in [6.07, 6.45) is 0. The molecule has 0 amide bonds. The number of nitriles is 1. The van der Waals surface area contributed by atoms with Crippen molar-refractivity contribution in [1.29, 1.82) is 5.26 Å². The lowest BCUT2D eigenvalue weighted by molar-refractivity contribution is 0.0693. The largest absolute Gasteiger partial charge is 0.478 e. The van der Waals surface area contributed by atoms with Crippen LogP contribution < -0.4 is 0 Å². The van der Waals surface area contributed by atoms with Gasteiger partial charge in [0.15, 0.2) is 0 Å². The van der Waals surface area contributed by atoms with Gasteiger partial charge in [-0.3, -0.25) is 0 Å². The minimum atomic E-state index is -1.13. The maximum absolute atomic E-state index is 10.6. The van der Waals surface area contributed by atoms with E-state index >= 15 is 0 Å². The van der Waals surface area contributed by atoms with Crippen molar-refractivity contribution in [2.24, 2.45) is 0 Å². The maximum atomic E-state index is 10.6. The highest BCUT2D eigenvalue weighted by atomic mass is 35.5. The van der Waals surface area contributed by atoms with Crippen molar-refractivity contribution in [1.82, 2.24) is 0 Å². The van der Waals surface area contributed by atoms with Gasteiger partial charge in [-0.1, -0.05) is 11.6 Å². The first-order valence-corrected chi connectivity index (χ1v) is 4.04. The molecule has 1 N–H and O–H groups in total. The highest BCUT2D eigenvalue weighted by molar-refractivity contribution is 7.80. The fraction of sp³-hybridized carbons (Fsp3) is 0. The first kappa shape index (κ1) is 9.90. The van der Waals surface area contributed by atoms with Crippen LogP contribution in [0.1, 0.15) is 15.9 Å². The number of carboxylic acids is 1. The Hall–Kier alpha value is -1.18. The van der Waals surface area contributed by atoms with Crippen LogP contribution in [0.4, 0.5) is 0 Å². The number of carboxylic acid groups (broad SMARTS) is 1. The van der Waals surface area contributed by atoms with Crippen LogP contribution in [0.5, 0.6) is 0 Å².